The van der Waals surface area contributed by atoms with Crippen molar-refractivity contribution < 1.29 is 9.90 Å². The number of aliphatic hydroxyl groups excluding tert-OH is 1. The van der Waals surface area contributed by atoms with Gasteiger partial charge in [-0.15, -0.1) is 10.2 Å². The Labute approximate surface area is 151 Å². The van der Waals surface area contributed by atoms with Gasteiger partial charge in [0.15, 0.2) is 0 Å². The molecule has 8 heteroatoms. The van der Waals surface area contributed by atoms with Gasteiger partial charge in [-0.3, -0.25) is 9.78 Å². The molecule has 1 N–H and O–H groups in total. The van der Waals surface area contributed by atoms with Crippen molar-refractivity contribution in [1.29, 1.82) is 0 Å². The third-order valence-electron chi connectivity index (χ3n) is 4.38. The van der Waals surface area contributed by atoms with E-state index in [0.29, 0.717) is 38.9 Å². The van der Waals surface area contributed by atoms with Crippen LogP contribution in [-0.4, -0.2) is 66.9 Å². The number of fused-ring (bicyclic) bond motifs is 1. The van der Waals surface area contributed by atoms with Crippen LogP contribution in [0.2, 0.25) is 0 Å². The van der Waals surface area contributed by atoms with E-state index in [4.69, 9.17) is 0 Å². The second-order valence-electron chi connectivity index (χ2n) is 6.09. The molecule has 1 aliphatic rings. The fourth-order valence-electron chi connectivity index (χ4n) is 2.98. The summed E-state index contributed by atoms with van der Waals surface area (Å²) in [4.78, 5) is 18.3. The number of hydrogen-bond donors (Lipinski definition) is 1. The lowest BCUT2D eigenvalue weighted by molar-refractivity contribution is -0.140. The Balaban J connectivity index is 1.65. The van der Waals surface area contributed by atoms with Gasteiger partial charge in [0.1, 0.15) is 17.8 Å². The van der Waals surface area contributed by atoms with Gasteiger partial charge in [-0.1, -0.05) is 6.07 Å². The summed E-state index contributed by atoms with van der Waals surface area (Å²) >= 11 is 1.63. The maximum atomic E-state index is 12.4. The highest BCUT2D eigenvalue weighted by Gasteiger charge is 2.25. The molecule has 0 bridgehead atoms. The molecule has 0 saturated heterocycles. The van der Waals surface area contributed by atoms with E-state index in [1.54, 1.807) is 22.9 Å². The van der Waals surface area contributed by atoms with E-state index in [0.717, 1.165) is 23.0 Å². The molecule has 0 saturated carbocycles. The second-order valence-corrected chi connectivity index (χ2v) is 7.08. The zero-order chi connectivity index (χ0) is 17.6. The summed E-state index contributed by atoms with van der Waals surface area (Å²) in [5.74, 6) is 2.39. The minimum Gasteiger partial charge on any atom is -0.383 e. The molecule has 134 valence electrons. The summed E-state index contributed by atoms with van der Waals surface area (Å²) in [6, 6.07) is 3.93. The molecule has 0 aliphatic carbocycles. The van der Waals surface area contributed by atoms with Gasteiger partial charge in [0, 0.05) is 44.9 Å². The molecule has 1 atom stereocenters. The van der Waals surface area contributed by atoms with Gasteiger partial charge >= 0.3 is 0 Å². The van der Waals surface area contributed by atoms with Gasteiger partial charge in [-0.25, -0.2) is 0 Å². The molecular formula is C17H23N5O2S. The van der Waals surface area contributed by atoms with Crippen LogP contribution in [-0.2, 0) is 24.2 Å². The fraction of sp³-hybridized carbons (Fsp3) is 0.529. The van der Waals surface area contributed by atoms with Gasteiger partial charge in [0.2, 0.25) is 0 Å². The summed E-state index contributed by atoms with van der Waals surface area (Å²) in [6.45, 7) is 1.79. The van der Waals surface area contributed by atoms with Gasteiger partial charge in [0.05, 0.1) is 0 Å². The van der Waals surface area contributed by atoms with Crippen molar-refractivity contribution in [3.8, 4) is 0 Å². The number of carbonyl (C=O) groups excluding carboxylic acids is 1. The van der Waals surface area contributed by atoms with Crippen molar-refractivity contribution in [3.05, 3.63) is 41.7 Å². The third-order valence-corrected chi connectivity index (χ3v) is 5.02. The van der Waals surface area contributed by atoms with Crippen LogP contribution in [0.15, 0.2) is 24.5 Å². The van der Waals surface area contributed by atoms with Crippen molar-refractivity contribution in [1.82, 2.24) is 24.6 Å². The standard InChI is InChI=1S/C17H23N5O2S/c1-25-10-5-14(23)17(24)21-7-4-15-19-20-16(22(15)9-8-21)11-13-3-2-6-18-12-13/h2-3,6,12,14,23H,4-5,7-11H2,1H3/t14-/m0/s1. The summed E-state index contributed by atoms with van der Waals surface area (Å²) < 4.78 is 2.09. The molecule has 0 fully saturated rings. The predicted octanol–water partition coefficient (Wildman–Crippen LogP) is 0.763. The van der Waals surface area contributed by atoms with Crippen LogP contribution in [0.4, 0.5) is 0 Å². The first kappa shape index (κ1) is 17.9. The third kappa shape index (κ3) is 4.38. The van der Waals surface area contributed by atoms with Crippen molar-refractivity contribution >= 4 is 17.7 Å². The average Bonchev–Trinajstić information content (AvgIpc) is 2.89. The normalized spacial score (nSPS) is 15.5. The number of aliphatic hydroxyl groups is 1. The van der Waals surface area contributed by atoms with E-state index in [-0.39, 0.29) is 5.91 Å². The van der Waals surface area contributed by atoms with E-state index in [9.17, 15) is 9.90 Å². The minimum atomic E-state index is -0.911. The number of carbonyl (C=O) groups is 1. The van der Waals surface area contributed by atoms with Gasteiger partial charge < -0.3 is 14.6 Å². The maximum Gasteiger partial charge on any atom is 0.251 e. The quantitative estimate of drug-likeness (QED) is 0.818. The Morgan fingerprint density at radius 1 is 1.36 bits per heavy atom. The Hall–Kier alpha value is -1.93. The number of nitrogens with zero attached hydrogens (tertiary/aromatic N) is 5. The Bertz CT molecular complexity index is 706. The molecule has 0 aromatic carbocycles. The van der Waals surface area contributed by atoms with E-state index in [1.807, 2.05) is 24.6 Å². The molecule has 0 radical (unpaired) electrons. The highest BCUT2D eigenvalue weighted by molar-refractivity contribution is 7.98. The van der Waals surface area contributed by atoms with Crippen LogP contribution in [0.5, 0.6) is 0 Å². The molecule has 0 spiro atoms. The fourth-order valence-corrected chi connectivity index (χ4v) is 3.44. The number of hydrogen-bond acceptors (Lipinski definition) is 6. The highest BCUT2D eigenvalue weighted by atomic mass is 32.2. The number of rotatable bonds is 6. The van der Waals surface area contributed by atoms with Gasteiger partial charge in [-0.2, -0.15) is 11.8 Å². The molecule has 1 aliphatic heterocycles. The van der Waals surface area contributed by atoms with E-state index in [2.05, 4.69) is 19.7 Å². The zero-order valence-corrected chi connectivity index (χ0v) is 15.2. The van der Waals surface area contributed by atoms with Crippen LogP contribution >= 0.6 is 11.8 Å². The Morgan fingerprint density at radius 2 is 2.24 bits per heavy atom. The molecule has 2 aromatic heterocycles. The maximum absolute atomic E-state index is 12.4. The molecule has 3 rings (SSSR count). The first-order valence-corrected chi connectivity index (χ1v) is 9.84. The molecule has 1 amide bonds. The van der Waals surface area contributed by atoms with Crippen molar-refractivity contribution in [3.63, 3.8) is 0 Å². The molecule has 2 aromatic rings. The van der Waals surface area contributed by atoms with E-state index >= 15 is 0 Å². The molecule has 25 heavy (non-hydrogen) atoms. The smallest absolute Gasteiger partial charge is 0.251 e. The SMILES string of the molecule is CSCC[C@H](O)C(=O)N1CCc2nnc(Cc3cccnc3)n2CC1. The summed E-state index contributed by atoms with van der Waals surface area (Å²) in [5.41, 5.74) is 1.09. The average molecular weight is 361 g/mol. The number of amides is 1. The molecule has 0 unspecified atom stereocenters. The Morgan fingerprint density at radius 3 is 3.00 bits per heavy atom. The van der Waals surface area contributed by atoms with Gasteiger partial charge in [-0.05, 0) is 30.1 Å². The van der Waals surface area contributed by atoms with Crippen molar-refractivity contribution in [2.75, 3.05) is 25.1 Å². The highest BCUT2D eigenvalue weighted by Crippen LogP contribution is 2.14. The van der Waals surface area contributed by atoms with Crippen LogP contribution in [0.25, 0.3) is 0 Å². The van der Waals surface area contributed by atoms with E-state index in [1.165, 1.54) is 0 Å². The molecule has 3 heterocycles. The summed E-state index contributed by atoms with van der Waals surface area (Å²) in [7, 11) is 0. The van der Waals surface area contributed by atoms with Crippen LogP contribution in [0.1, 0.15) is 23.6 Å². The lowest BCUT2D eigenvalue weighted by Crippen LogP contribution is -2.41. The zero-order valence-electron chi connectivity index (χ0n) is 14.3. The first-order valence-electron chi connectivity index (χ1n) is 8.44. The Kier molecular flexibility index (Phi) is 6.04. The van der Waals surface area contributed by atoms with Crippen molar-refractivity contribution in [2.45, 2.75) is 31.9 Å². The van der Waals surface area contributed by atoms with Crippen LogP contribution in [0, 0.1) is 0 Å². The lowest BCUT2D eigenvalue weighted by atomic mass is 10.2. The summed E-state index contributed by atoms with van der Waals surface area (Å²) in [5, 5.41) is 18.7. The van der Waals surface area contributed by atoms with Crippen LogP contribution in [0.3, 0.4) is 0 Å². The monoisotopic (exact) mass is 361 g/mol. The molecule has 7 nitrogen and oxygen atoms in total. The second kappa shape index (κ2) is 8.44. The summed E-state index contributed by atoms with van der Waals surface area (Å²) in [6.07, 6.45) is 6.46. The number of pyridine rings is 1. The van der Waals surface area contributed by atoms with Gasteiger partial charge in [0.25, 0.3) is 5.91 Å². The topological polar surface area (TPSA) is 84.1 Å². The largest absolute Gasteiger partial charge is 0.383 e. The first-order chi connectivity index (χ1) is 12.2. The van der Waals surface area contributed by atoms with E-state index < -0.39 is 6.10 Å². The minimum absolute atomic E-state index is 0.179. The number of thioether (sulfide) groups is 1. The molecular weight excluding hydrogens is 338 g/mol. The number of aromatic nitrogens is 4. The van der Waals surface area contributed by atoms with Crippen LogP contribution < -0.4 is 0 Å². The predicted molar refractivity (Wildman–Crippen MR) is 96.4 cm³/mol. The lowest BCUT2D eigenvalue weighted by Gasteiger charge is -2.23. The van der Waals surface area contributed by atoms with Crippen molar-refractivity contribution in [2.24, 2.45) is 0 Å².